The molecule has 112 valence electrons. The number of fused-ring (bicyclic) bond motifs is 1. The van der Waals surface area contributed by atoms with Crippen LogP contribution >= 0.6 is 0 Å². The molecule has 0 saturated heterocycles. The number of anilines is 1. The summed E-state index contributed by atoms with van der Waals surface area (Å²) in [5.74, 6) is 1.44. The van der Waals surface area contributed by atoms with Gasteiger partial charge >= 0.3 is 0 Å². The summed E-state index contributed by atoms with van der Waals surface area (Å²) < 4.78 is 10.4. The van der Waals surface area contributed by atoms with Gasteiger partial charge in [-0.25, -0.2) is 0 Å². The van der Waals surface area contributed by atoms with Crippen LogP contribution in [-0.2, 0) is 9.59 Å². The molecule has 2 aliphatic rings. The van der Waals surface area contributed by atoms with Crippen LogP contribution in [0.3, 0.4) is 0 Å². The molecule has 0 aromatic heterocycles. The van der Waals surface area contributed by atoms with Crippen LogP contribution in [0.4, 0.5) is 5.69 Å². The van der Waals surface area contributed by atoms with Gasteiger partial charge in [0.15, 0.2) is 11.5 Å². The highest BCUT2D eigenvalue weighted by atomic mass is 16.7. The zero-order valence-electron chi connectivity index (χ0n) is 11.8. The normalized spacial score (nSPS) is 17.2. The van der Waals surface area contributed by atoms with E-state index in [0.717, 1.165) is 12.8 Å². The predicted octanol–water partition coefficient (Wildman–Crippen LogP) is 1.52. The van der Waals surface area contributed by atoms with E-state index in [-0.39, 0.29) is 31.1 Å². The molecule has 6 nitrogen and oxygen atoms in total. The van der Waals surface area contributed by atoms with E-state index in [9.17, 15) is 9.59 Å². The number of ether oxygens (including phenoxy) is 2. The van der Waals surface area contributed by atoms with Crippen LogP contribution in [0.5, 0.6) is 11.5 Å². The monoisotopic (exact) mass is 290 g/mol. The minimum Gasteiger partial charge on any atom is -0.454 e. The number of benzene rings is 1. The number of carbonyl (C=O) groups excluding carboxylic acids is 2. The first-order chi connectivity index (χ1) is 10.1. The van der Waals surface area contributed by atoms with Gasteiger partial charge in [0.1, 0.15) is 0 Å². The van der Waals surface area contributed by atoms with Gasteiger partial charge in [-0.1, -0.05) is 6.92 Å². The van der Waals surface area contributed by atoms with Crippen molar-refractivity contribution < 1.29 is 19.1 Å². The van der Waals surface area contributed by atoms with Gasteiger partial charge in [0, 0.05) is 17.7 Å². The van der Waals surface area contributed by atoms with E-state index in [2.05, 4.69) is 10.6 Å². The van der Waals surface area contributed by atoms with E-state index in [1.165, 1.54) is 0 Å². The molecule has 0 spiro atoms. The maximum atomic E-state index is 11.8. The Morgan fingerprint density at radius 2 is 2.05 bits per heavy atom. The van der Waals surface area contributed by atoms with E-state index in [1.54, 1.807) is 18.2 Å². The molecule has 21 heavy (non-hydrogen) atoms. The first-order valence-corrected chi connectivity index (χ1v) is 7.10. The molecule has 6 heteroatoms. The van der Waals surface area contributed by atoms with Gasteiger partial charge in [0.2, 0.25) is 18.6 Å². The topological polar surface area (TPSA) is 76.7 Å². The van der Waals surface area contributed by atoms with Crippen LogP contribution in [0.15, 0.2) is 18.2 Å². The average Bonchev–Trinajstić information content (AvgIpc) is 3.22. The molecule has 3 rings (SSSR count). The van der Waals surface area contributed by atoms with E-state index >= 15 is 0 Å². The molecule has 1 aromatic rings. The maximum Gasteiger partial charge on any atom is 0.243 e. The van der Waals surface area contributed by atoms with Crippen molar-refractivity contribution in [3.05, 3.63) is 18.2 Å². The van der Waals surface area contributed by atoms with E-state index in [0.29, 0.717) is 23.1 Å². The van der Waals surface area contributed by atoms with Crippen molar-refractivity contribution in [2.24, 2.45) is 11.8 Å². The highest BCUT2D eigenvalue weighted by Crippen LogP contribution is 2.36. The van der Waals surface area contributed by atoms with Crippen LogP contribution in [0.25, 0.3) is 0 Å². The summed E-state index contributed by atoms with van der Waals surface area (Å²) in [6.45, 7) is 2.08. The third-order valence-corrected chi connectivity index (χ3v) is 3.82. The zero-order valence-corrected chi connectivity index (χ0v) is 11.8. The number of hydrogen-bond acceptors (Lipinski definition) is 4. The van der Waals surface area contributed by atoms with Crippen molar-refractivity contribution in [3.63, 3.8) is 0 Å². The Balaban J connectivity index is 1.48. The Morgan fingerprint density at radius 3 is 2.81 bits per heavy atom. The summed E-state index contributed by atoms with van der Waals surface area (Å²) in [6, 6.07) is 5.18. The number of carbonyl (C=O) groups is 2. The lowest BCUT2D eigenvalue weighted by Crippen LogP contribution is -2.36. The van der Waals surface area contributed by atoms with Crippen molar-refractivity contribution in [2.75, 3.05) is 18.7 Å². The predicted molar refractivity (Wildman–Crippen MR) is 76.1 cm³/mol. The number of hydrogen-bond donors (Lipinski definition) is 2. The summed E-state index contributed by atoms with van der Waals surface area (Å²) in [5.41, 5.74) is 0.619. The highest BCUT2D eigenvalue weighted by molar-refractivity contribution is 5.95. The van der Waals surface area contributed by atoms with Gasteiger partial charge in [0.25, 0.3) is 0 Å². The summed E-state index contributed by atoms with van der Waals surface area (Å²) in [6.07, 6.45) is 2.22. The summed E-state index contributed by atoms with van der Waals surface area (Å²) >= 11 is 0. The van der Waals surface area contributed by atoms with Gasteiger partial charge in [-0.15, -0.1) is 0 Å². The molecule has 2 N–H and O–H groups in total. The molecule has 0 bridgehead atoms. The standard InChI is InChI=1S/C15H18N2O4/c1-9(10-2-3-10)15(19)16-7-14(18)17-11-4-5-12-13(6-11)21-8-20-12/h4-6,9-10H,2-3,7-8H2,1H3,(H,16,19)(H,17,18). The van der Waals surface area contributed by atoms with Crippen LogP contribution in [0.1, 0.15) is 19.8 Å². The Morgan fingerprint density at radius 1 is 1.29 bits per heavy atom. The second-order valence-corrected chi connectivity index (χ2v) is 5.46. The van der Waals surface area contributed by atoms with Crippen LogP contribution in [0.2, 0.25) is 0 Å². The molecule has 1 aliphatic heterocycles. The first kappa shape index (κ1) is 13.7. The quantitative estimate of drug-likeness (QED) is 0.862. The van der Waals surface area contributed by atoms with Crippen molar-refractivity contribution in [2.45, 2.75) is 19.8 Å². The van der Waals surface area contributed by atoms with Crippen LogP contribution in [-0.4, -0.2) is 25.2 Å². The molecule has 1 saturated carbocycles. The van der Waals surface area contributed by atoms with Gasteiger partial charge in [0.05, 0.1) is 6.54 Å². The average molecular weight is 290 g/mol. The minimum absolute atomic E-state index is 0.0108. The van der Waals surface area contributed by atoms with Crippen molar-refractivity contribution in [3.8, 4) is 11.5 Å². The fourth-order valence-electron chi connectivity index (χ4n) is 2.32. The number of amides is 2. The molecule has 0 radical (unpaired) electrons. The third-order valence-electron chi connectivity index (χ3n) is 3.82. The largest absolute Gasteiger partial charge is 0.454 e. The van der Waals surface area contributed by atoms with Gasteiger partial charge in [-0.05, 0) is 30.9 Å². The molecule has 1 atom stereocenters. The Hall–Kier alpha value is -2.24. The van der Waals surface area contributed by atoms with E-state index in [4.69, 9.17) is 9.47 Å². The van der Waals surface area contributed by atoms with Gasteiger partial charge < -0.3 is 20.1 Å². The maximum absolute atomic E-state index is 11.8. The lowest BCUT2D eigenvalue weighted by atomic mass is 10.1. The van der Waals surface area contributed by atoms with Crippen LogP contribution in [0, 0.1) is 11.8 Å². The number of rotatable bonds is 5. The third kappa shape index (κ3) is 3.26. The fraction of sp³-hybridized carbons (Fsp3) is 0.467. The molecular weight excluding hydrogens is 272 g/mol. The zero-order chi connectivity index (χ0) is 14.8. The SMILES string of the molecule is CC(C(=O)NCC(=O)Nc1ccc2c(c1)OCO2)C1CC1. The lowest BCUT2D eigenvalue weighted by Gasteiger charge is -2.11. The van der Waals surface area contributed by atoms with Crippen molar-refractivity contribution >= 4 is 17.5 Å². The van der Waals surface area contributed by atoms with Gasteiger partial charge in [-0.2, -0.15) is 0 Å². The molecule has 1 aromatic carbocycles. The Bertz CT molecular complexity index is 569. The molecule has 2 amide bonds. The lowest BCUT2D eigenvalue weighted by molar-refractivity contribution is -0.127. The second-order valence-electron chi connectivity index (χ2n) is 5.46. The van der Waals surface area contributed by atoms with Crippen molar-refractivity contribution in [1.82, 2.24) is 5.32 Å². The molecule has 1 unspecified atom stereocenters. The molecule has 1 aliphatic carbocycles. The smallest absolute Gasteiger partial charge is 0.243 e. The second kappa shape index (κ2) is 5.63. The van der Waals surface area contributed by atoms with Crippen molar-refractivity contribution in [1.29, 1.82) is 0 Å². The Kier molecular flexibility index (Phi) is 3.68. The molecular formula is C15H18N2O4. The summed E-state index contributed by atoms with van der Waals surface area (Å²) in [5, 5.41) is 5.39. The van der Waals surface area contributed by atoms with Gasteiger partial charge in [-0.3, -0.25) is 9.59 Å². The van der Waals surface area contributed by atoms with E-state index in [1.807, 2.05) is 6.92 Å². The summed E-state index contributed by atoms with van der Waals surface area (Å²) in [4.78, 5) is 23.6. The fourth-order valence-corrected chi connectivity index (χ4v) is 2.32. The Labute approximate surface area is 122 Å². The number of nitrogens with one attached hydrogen (secondary N) is 2. The highest BCUT2D eigenvalue weighted by Gasteiger charge is 2.32. The summed E-state index contributed by atoms with van der Waals surface area (Å²) in [7, 11) is 0. The first-order valence-electron chi connectivity index (χ1n) is 7.10. The van der Waals surface area contributed by atoms with Crippen LogP contribution < -0.4 is 20.1 Å². The molecule has 1 fully saturated rings. The molecule has 1 heterocycles. The minimum atomic E-state index is -0.259. The van der Waals surface area contributed by atoms with E-state index < -0.39 is 0 Å².